The maximum atomic E-state index is 12.3. The number of rotatable bonds is 12. The van der Waals surface area contributed by atoms with E-state index in [1.807, 2.05) is 24.3 Å². The molecule has 0 saturated heterocycles. The number of hydrogen-bond acceptors (Lipinski definition) is 10. The molecular weight excluding hydrogens is 553 g/mol. The van der Waals surface area contributed by atoms with Gasteiger partial charge in [0.2, 0.25) is 11.0 Å². The molecule has 3 aromatic rings. The number of carbonyl (C=O) groups is 2. The first-order valence-electron chi connectivity index (χ1n) is 11.9. The van der Waals surface area contributed by atoms with Crippen molar-refractivity contribution in [3.63, 3.8) is 0 Å². The Hall–Kier alpha value is -3.57. The summed E-state index contributed by atoms with van der Waals surface area (Å²) in [4.78, 5) is 28.3. The van der Waals surface area contributed by atoms with Gasteiger partial charge in [-0.15, -0.1) is 10.2 Å². The minimum absolute atomic E-state index is 0.0613. The molecule has 0 aliphatic heterocycles. The molecule has 0 spiro atoms. The molecule has 39 heavy (non-hydrogen) atoms. The van der Waals surface area contributed by atoms with E-state index >= 15 is 0 Å². The number of nitrogens with one attached hydrogen (secondary N) is 2. The van der Waals surface area contributed by atoms with Gasteiger partial charge in [-0.25, -0.2) is 0 Å². The van der Waals surface area contributed by atoms with Gasteiger partial charge >= 0.3 is 0 Å². The van der Waals surface area contributed by atoms with E-state index in [9.17, 15) is 9.59 Å². The first-order chi connectivity index (χ1) is 18.8. The fourth-order valence-corrected chi connectivity index (χ4v) is 5.84. The second-order valence-electron chi connectivity index (χ2n) is 8.22. The number of thioether (sulfide) groups is 2. The highest BCUT2D eigenvalue weighted by Gasteiger charge is 2.11. The van der Waals surface area contributed by atoms with E-state index in [1.165, 1.54) is 11.3 Å². The summed E-state index contributed by atoms with van der Waals surface area (Å²) in [6.07, 6.45) is 1.47. The van der Waals surface area contributed by atoms with Crippen molar-refractivity contribution in [3.05, 3.63) is 75.8 Å². The van der Waals surface area contributed by atoms with Crippen LogP contribution in [-0.4, -0.2) is 43.7 Å². The van der Waals surface area contributed by atoms with Crippen LogP contribution in [0.2, 0.25) is 0 Å². The van der Waals surface area contributed by atoms with Crippen LogP contribution in [0.5, 0.6) is 0 Å². The van der Waals surface area contributed by atoms with Crippen LogP contribution >= 0.6 is 34.9 Å². The number of nitrogens with two attached hydrogens (primary N) is 2. The van der Waals surface area contributed by atoms with Crippen molar-refractivity contribution in [2.75, 3.05) is 16.8 Å². The fraction of sp³-hybridized carbons (Fsp3) is 0.269. The quantitative estimate of drug-likeness (QED) is 0.141. The summed E-state index contributed by atoms with van der Waals surface area (Å²) in [5.74, 6) is 0.912. The maximum absolute atomic E-state index is 12.3. The lowest BCUT2D eigenvalue weighted by atomic mass is 10.1. The average molecular weight is 581 g/mol. The molecule has 6 N–H and O–H groups in total. The van der Waals surface area contributed by atoms with E-state index in [4.69, 9.17) is 22.1 Å². The average Bonchev–Trinajstić information content (AvgIpc) is 3.35. The molecule has 0 aliphatic carbocycles. The minimum Gasteiger partial charge on any atom is -0.378 e. The normalized spacial score (nSPS) is 11.1. The number of amides is 2. The Morgan fingerprint density at radius 3 is 2.59 bits per heavy atom. The standard InChI is InChI=1S/C26H28N8O2S3/c27-15-19-5-1-3-17(11-19)13-22(35)31-25(30)38-21(29)7-9-37-10-8-24-33-34-26(39-24)32-23(36)14-18-4-2-6-20(12-18)16-28/h1-6,11-12,29H,7-10,13-15,27H2,(H2,30,31,35)(H,32,34,36). The van der Waals surface area contributed by atoms with Crippen LogP contribution in [0, 0.1) is 16.7 Å². The summed E-state index contributed by atoms with van der Waals surface area (Å²) < 4.78 is 0. The van der Waals surface area contributed by atoms with E-state index in [-0.39, 0.29) is 29.8 Å². The third-order valence-electron chi connectivity index (χ3n) is 5.11. The summed E-state index contributed by atoms with van der Waals surface area (Å²) in [7, 11) is 0. The zero-order valence-electron chi connectivity index (χ0n) is 21.1. The Balaban J connectivity index is 1.31. The summed E-state index contributed by atoms with van der Waals surface area (Å²) >= 11 is 3.98. The minimum atomic E-state index is -0.364. The van der Waals surface area contributed by atoms with Crippen LogP contribution < -0.4 is 16.8 Å². The smallest absolute Gasteiger partial charge is 0.252 e. The highest BCUT2D eigenvalue weighted by Crippen LogP contribution is 2.19. The largest absolute Gasteiger partial charge is 0.378 e. The van der Waals surface area contributed by atoms with Crippen molar-refractivity contribution in [1.82, 2.24) is 10.2 Å². The summed E-state index contributed by atoms with van der Waals surface area (Å²) in [6, 6.07) is 16.4. The zero-order chi connectivity index (χ0) is 28.0. The Kier molecular flexibility index (Phi) is 12.1. The number of nitrogens with zero attached hydrogens (tertiary/aromatic N) is 4. The molecule has 0 saturated carbocycles. The molecule has 1 heterocycles. The zero-order valence-corrected chi connectivity index (χ0v) is 23.5. The van der Waals surface area contributed by atoms with E-state index in [0.29, 0.717) is 40.9 Å². The molecule has 0 bridgehead atoms. The van der Waals surface area contributed by atoms with Crippen LogP contribution in [-0.2, 0) is 35.4 Å². The highest BCUT2D eigenvalue weighted by atomic mass is 32.2. The Morgan fingerprint density at radius 1 is 1.08 bits per heavy atom. The van der Waals surface area contributed by atoms with E-state index in [2.05, 4.69) is 26.6 Å². The molecule has 202 valence electrons. The third-order valence-corrected chi connectivity index (χ3v) is 7.75. The Bertz CT molecular complexity index is 1380. The lowest BCUT2D eigenvalue weighted by Crippen LogP contribution is -2.14. The first kappa shape index (κ1) is 30.0. The molecule has 0 atom stereocenters. The van der Waals surface area contributed by atoms with Crippen LogP contribution in [0.1, 0.15) is 33.7 Å². The van der Waals surface area contributed by atoms with Gasteiger partial charge in [-0.1, -0.05) is 47.7 Å². The van der Waals surface area contributed by atoms with Crippen LogP contribution in [0.25, 0.3) is 0 Å². The molecule has 0 unspecified atom stereocenters. The molecule has 1 aromatic heterocycles. The van der Waals surface area contributed by atoms with Crippen molar-refractivity contribution in [1.29, 1.82) is 10.7 Å². The Labute approximate surface area is 239 Å². The van der Waals surface area contributed by atoms with Crippen LogP contribution in [0.3, 0.4) is 0 Å². The SMILES string of the molecule is N#Cc1cccc(CC(=O)Nc2nnc(CCSCCC(=N)SC(N)=NC(=O)Cc3cccc(CN)c3)s2)c1. The van der Waals surface area contributed by atoms with Gasteiger partial charge in [0.15, 0.2) is 5.17 Å². The number of carbonyl (C=O) groups excluding carboxylic acids is 2. The molecule has 10 nitrogen and oxygen atoms in total. The number of aryl methyl sites for hydroxylation is 1. The van der Waals surface area contributed by atoms with Gasteiger partial charge < -0.3 is 16.8 Å². The number of aliphatic imine (C=N–C) groups is 1. The number of nitriles is 1. The topological polar surface area (TPSA) is 184 Å². The lowest BCUT2D eigenvalue weighted by molar-refractivity contribution is -0.117. The molecular formula is C26H28N8O2S3. The van der Waals surface area contributed by atoms with Gasteiger partial charge in [-0.3, -0.25) is 15.0 Å². The monoisotopic (exact) mass is 580 g/mol. The van der Waals surface area contributed by atoms with Crippen molar-refractivity contribution >= 4 is 62.0 Å². The van der Waals surface area contributed by atoms with E-state index < -0.39 is 0 Å². The van der Waals surface area contributed by atoms with E-state index in [1.54, 1.807) is 36.0 Å². The predicted molar refractivity (Wildman–Crippen MR) is 159 cm³/mol. The van der Waals surface area contributed by atoms with Gasteiger partial charge in [0.25, 0.3) is 5.91 Å². The highest BCUT2D eigenvalue weighted by molar-refractivity contribution is 8.26. The van der Waals surface area contributed by atoms with Crippen LogP contribution in [0.15, 0.2) is 53.5 Å². The summed E-state index contributed by atoms with van der Waals surface area (Å²) in [5.41, 5.74) is 14.5. The molecule has 0 radical (unpaired) electrons. The number of aromatic nitrogens is 2. The van der Waals surface area contributed by atoms with Crippen molar-refractivity contribution in [2.45, 2.75) is 32.2 Å². The molecule has 0 aliphatic rings. The second-order valence-corrected chi connectivity index (χ2v) is 11.6. The molecule has 2 aromatic carbocycles. The number of hydrogen-bond donors (Lipinski definition) is 4. The molecule has 0 fully saturated rings. The molecule has 3 rings (SSSR count). The maximum Gasteiger partial charge on any atom is 0.252 e. The van der Waals surface area contributed by atoms with Gasteiger partial charge in [-0.05, 0) is 52.1 Å². The van der Waals surface area contributed by atoms with Gasteiger partial charge in [0.1, 0.15) is 5.01 Å². The van der Waals surface area contributed by atoms with Crippen molar-refractivity contribution in [2.24, 2.45) is 16.5 Å². The third kappa shape index (κ3) is 11.0. The number of amidine groups is 1. The first-order valence-corrected chi connectivity index (χ1v) is 14.7. The van der Waals surface area contributed by atoms with Gasteiger partial charge in [-0.2, -0.15) is 22.0 Å². The number of anilines is 1. The number of benzene rings is 2. The molecule has 13 heteroatoms. The van der Waals surface area contributed by atoms with Crippen molar-refractivity contribution < 1.29 is 9.59 Å². The Morgan fingerprint density at radius 2 is 1.82 bits per heavy atom. The summed E-state index contributed by atoms with van der Waals surface area (Å²) in [5, 5.41) is 29.6. The van der Waals surface area contributed by atoms with Crippen LogP contribution in [0.4, 0.5) is 5.13 Å². The fourth-order valence-electron chi connectivity index (χ4n) is 3.33. The summed E-state index contributed by atoms with van der Waals surface area (Å²) in [6.45, 7) is 0.403. The predicted octanol–water partition coefficient (Wildman–Crippen LogP) is 3.51. The van der Waals surface area contributed by atoms with Gasteiger partial charge in [0, 0.05) is 19.4 Å². The lowest BCUT2D eigenvalue weighted by Gasteiger charge is -2.04. The van der Waals surface area contributed by atoms with E-state index in [0.717, 1.165) is 39.2 Å². The molecule has 2 amide bonds. The van der Waals surface area contributed by atoms with Crippen molar-refractivity contribution in [3.8, 4) is 6.07 Å². The second kappa shape index (κ2) is 15.7. The van der Waals surface area contributed by atoms with Gasteiger partial charge in [0.05, 0.1) is 29.5 Å².